The SMILES string of the molecule is CCn1c2ccccc2c2cc(CN[C@@H]3CC34CCC3(CC4)CC3Nc3nc(N(C)C)c4ccccc4n3)ccc21. The number of para-hydroxylation sites is 2. The van der Waals surface area contributed by atoms with Gasteiger partial charge in [0.15, 0.2) is 0 Å². The fourth-order valence-corrected chi connectivity index (χ4v) is 7.95. The van der Waals surface area contributed by atoms with Crippen LogP contribution in [-0.4, -0.2) is 40.7 Å². The van der Waals surface area contributed by atoms with Gasteiger partial charge in [-0.2, -0.15) is 4.98 Å². The van der Waals surface area contributed by atoms with Crippen LogP contribution in [-0.2, 0) is 13.1 Å². The summed E-state index contributed by atoms with van der Waals surface area (Å²) in [5.74, 6) is 1.76. The summed E-state index contributed by atoms with van der Waals surface area (Å²) in [7, 11) is 4.11. The van der Waals surface area contributed by atoms with E-state index in [0.29, 0.717) is 22.9 Å². The molecular formula is C35H40N6. The van der Waals surface area contributed by atoms with Crippen LogP contribution in [0.5, 0.6) is 0 Å². The predicted molar refractivity (Wildman–Crippen MR) is 170 cm³/mol. The molecule has 2 N–H and O–H groups in total. The van der Waals surface area contributed by atoms with Crippen molar-refractivity contribution < 1.29 is 0 Å². The molecule has 3 fully saturated rings. The summed E-state index contributed by atoms with van der Waals surface area (Å²) in [5, 5.41) is 11.5. The van der Waals surface area contributed by atoms with Crippen molar-refractivity contribution in [2.45, 2.75) is 70.6 Å². The van der Waals surface area contributed by atoms with Crippen molar-refractivity contribution >= 4 is 44.5 Å². The number of anilines is 2. The second-order valence-corrected chi connectivity index (χ2v) is 13.2. The zero-order valence-corrected chi connectivity index (χ0v) is 24.5. The molecule has 3 aliphatic rings. The van der Waals surface area contributed by atoms with Crippen LogP contribution in [0.15, 0.2) is 66.7 Å². The molecule has 3 aliphatic carbocycles. The highest BCUT2D eigenvalue weighted by Crippen LogP contribution is 2.66. The first kappa shape index (κ1) is 25.1. The second kappa shape index (κ2) is 9.18. The van der Waals surface area contributed by atoms with Crippen molar-refractivity contribution in [2.75, 3.05) is 24.3 Å². The van der Waals surface area contributed by atoms with Gasteiger partial charge in [0.1, 0.15) is 5.82 Å². The molecule has 41 heavy (non-hydrogen) atoms. The van der Waals surface area contributed by atoms with Crippen molar-refractivity contribution in [3.63, 3.8) is 0 Å². The molecule has 0 amide bonds. The number of hydrogen-bond donors (Lipinski definition) is 2. The van der Waals surface area contributed by atoms with E-state index in [1.54, 1.807) is 0 Å². The van der Waals surface area contributed by atoms with Crippen molar-refractivity contribution in [1.82, 2.24) is 19.9 Å². The molecule has 210 valence electrons. The molecule has 0 aliphatic heterocycles. The molecule has 6 nitrogen and oxygen atoms in total. The largest absolute Gasteiger partial charge is 0.362 e. The standard InChI is InChI=1S/C35H40N6/c1-4-41-28-12-8-6-9-24(28)26-19-23(13-14-29(26)41)22-36-30-20-34(30)15-17-35(18-16-34)21-31(35)38-33-37-27-11-7-5-10-25(27)32(39-33)40(2)3/h5-14,19,30-31,36H,4,15-18,20-22H2,1-3H3,(H,37,38,39)/t30-,31?,34?,35?/m1/s1. The molecule has 8 rings (SSSR count). The lowest BCUT2D eigenvalue weighted by Gasteiger charge is -2.30. The Morgan fingerprint density at radius 2 is 1.49 bits per heavy atom. The van der Waals surface area contributed by atoms with E-state index >= 15 is 0 Å². The van der Waals surface area contributed by atoms with Crippen LogP contribution in [0.2, 0.25) is 0 Å². The van der Waals surface area contributed by atoms with Gasteiger partial charge in [-0.15, -0.1) is 0 Å². The summed E-state index contributed by atoms with van der Waals surface area (Å²) in [6, 6.07) is 25.3. The van der Waals surface area contributed by atoms with Gasteiger partial charge in [0, 0.05) is 66.5 Å². The Morgan fingerprint density at radius 3 is 2.27 bits per heavy atom. The second-order valence-electron chi connectivity index (χ2n) is 13.2. The first-order valence-electron chi connectivity index (χ1n) is 15.4. The average Bonchev–Trinajstić information content (AvgIpc) is 3.84. The Balaban J connectivity index is 0.904. The van der Waals surface area contributed by atoms with Crippen molar-refractivity contribution in [1.29, 1.82) is 0 Å². The van der Waals surface area contributed by atoms with Gasteiger partial charge in [0.05, 0.1) is 5.52 Å². The Morgan fingerprint density at radius 1 is 0.805 bits per heavy atom. The van der Waals surface area contributed by atoms with Gasteiger partial charge >= 0.3 is 0 Å². The summed E-state index contributed by atoms with van der Waals surface area (Å²) in [6.07, 6.45) is 7.90. The van der Waals surface area contributed by atoms with Gasteiger partial charge in [0.25, 0.3) is 0 Å². The molecule has 2 spiro atoms. The van der Waals surface area contributed by atoms with E-state index in [2.05, 4.69) is 108 Å². The Kier molecular flexibility index (Phi) is 5.62. The topological polar surface area (TPSA) is 58.0 Å². The average molecular weight is 545 g/mol. The molecule has 2 heterocycles. The van der Waals surface area contributed by atoms with Gasteiger partial charge in [-0.05, 0) is 92.2 Å². The van der Waals surface area contributed by atoms with E-state index in [0.717, 1.165) is 35.8 Å². The molecule has 6 heteroatoms. The van der Waals surface area contributed by atoms with Crippen LogP contribution in [0, 0.1) is 10.8 Å². The molecule has 0 saturated heterocycles. The number of aryl methyl sites for hydroxylation is 1. The lowest BCUT2D eigenvalue weighted by atomic mass is 9.76. The number of rotatable bonds is 7. The highest BCUT2D eigenvalue weighted by molar-refractivity contribution is 6.08. The minimum absolute atomic E-state index is 0.435. The maximum atomic E-state index is 4.90. The maximum absolute atomic E-state index is 4.90. The van der Waals surface area contributed by atoms with Gasteiger partial charge in [0.2, 0.25) is 5.95 Å². The third kappa shape index (κ3) is 4.10. The fraction of sp³-hybridized carbons (Fsp3) is 0.429. The van der Waals surface area contributed by atoms with E-state index in [9.17, 15) is 0 Å². The Hall–Kier alpha value is -3.64. The summed E-state index contributed by atoms with van der Waals surface area (Å²) >= 11 is 0. The number of nitrogens with one attached hydrogen (secondary N) is 2. The summed E-state index contributed by atoms with van der Waals surface area (Å²) in [5.41, 5.74) is 6.03. The maximum Gasteiger partial charge on any atom is 0.225 e. The molecule has 3 aromatic carbocycles. The highest BCUT2D eigenvalue weighted by atomic mass is 15.2. The third-order valence-electron chi connectivity index (χ3n) is 10.6. The monoisotopic (exact) mass is 544 g/mol. The first-order chi connectivity index (χ1) is 20.0. The normalized spacial score (nSPS) is 26.8. The van der Waals surface area contributed by atoms with Crippen molar-refractivity contribution in [3.8, 4) is 0 Å². The van der Waals surface area contributed by atoms with Crippen molar-refractivity contribution in [2.24, 2.45) is 10.8 Å². The minimum Gasteiger partial charge on any atom is -0.362 e. The van der Waals surface area contributed by atoms with Crippen LogP contribution in [0.4, 0.5) is 11.8 Å². The van der Waals surface area contributed by atoms with Crippen LogP contribution >= 0.6 is 0 Å². The molecular weight excluding hydrogens is 504 g/mol. The number of hydrogen-bond acceptors (Lipinski definition) is 5. The Labute approximate surface area is 242 Å². The zero-order chi connectivity index (χ0) is 27.8. The summed E-state index contributed by atoms with van der Waals surface area (Å²) in [6.45, 7) is 4.19. The molecule has 5 aromatic rings. The van der Waals surface area contributed by atoms with Gasteiger partial charge in [-0.3, -0.25) is 0 Å². The fourth-order valence-electron chi connectivity index (χ4n) is 7.95. The quantitative estimate of drug-likeness (QED) is 0.229. The zero-order valence-electron chi connectivity index (χ0n) is 24.5. The Bertz CT molecular complexity index is 1780. The third-order valence-corrected chi connectivity index (χ3v) is 10.6. The first-order valence-corrected chi connectivity index (χ1v) is 15.4. The van der Waals surface area contributed by atoms with E-state index in [4.69, 9.17) is 9.97 Å². The molecule has 1 unspecified atom stereocenters. The molecule has 0 radical (unpaired) electrons. The van der Waals surface area contributed by atoms with Crippen LogP contribution in [0.3, 0.4) is 0 Å². The predicted octanol–water partition coefficient (Wildman–Crippen LogP) is 7.12. The van der Waals surface area contributed by atoms with Gasteiger partial charge < -0.3 is 20.1 Å². The smallest absolute Gasteiger partial charge is 0.225 e. The lowest BCUT2D eigenvalue weighted by Crippen LogP contribution is -2.29. The highest BCUT2D eigenvalue weighted by Gasteiger charge is 2.63. The van der Waals surface area contributed by atoms with E-state index in [-0.39, 0.29) is 0 Å². The molecule has 0 bridgehead atoms. The van der Waals surface area contributed by atoms with Crippen LogP contribution in [0.25, 0.3) is 32.7 Å². The summed E-state index contributed by atoms with van der Waals surface area (Å²) in [4.78, 5) is 11.9. The number of nitrogens with zero attached hydrogens (tertiary/aromatic N) is 4. The van der Waals surface area contributed by atoms with Gasteiger partial charge in [-0.1, -0.05) is 36.4 Å². The van der Waals surface area contributed by atoms with E-state index in [1.807, 2.05) is 0 Å². The number of aromatic nitrogens is 3. The lowest BCUT2D eigenvalue weighted by molar-refractivity contribution is 0.224. The van der Waals surface area contributed by atoms with E-state index in [1.165, 1.54) is 65.9 Å². The van der Waals surface area contributed by atoms with E-state index < -0.39 is 0 Å². The van der Waals surface area contributed by atoms with Gasteiger partial charge in [-0.25, -0.2) is 4.98 Å². The molecule has 2 atom stereocenters. The van der Waals surface area contributed by atoms with Crippen LogP contribution in [0.1, 0.15) is 51.0 Å². The minimum atomic E-state index is 0.435. The molecule has 2 aromatic heterocycles. The van der Waals surface area contributed by atoms with Crippen molar-refractivity contribution in [3.05, 3.63) is 72.3 Å². The number of benzene rings is 3. The van der Waals surface area contributed by atoms with Crippen LogP contribution < -0.4 is 15.5 Å². The summed E-state index contributed by atoms with van der Waals surface area (Å²) < 4.78 is 2.43. The molecule has 3 saturated carbocycles. The number of fused-ring (bicyclic) bond motifs is 4.